The predicted octanol–water partition coefficient (Wildman–Crippen LogP) is 2.10. The summed E-state index contributed by atoms with van der Waals surface area (Å²) in [4.78, 5) is 26.1. The third-order valence-corrected chi connectivity index (χ3v) is 2.95. The van der Waals surface area contributed by atoms with E-state index in [1.807, 2.05) is 0 Å². The minimum Gasteiger partial charge on any atom is -0.395 e. The molecule has 9 heteroatoms. The van der Waals surface area contributed by atoms with Crippen LogP contribution in [0.5, 0.6) is 0 Å². The van der Waals surface area contributed by atoms with E-state index in [2.05, 4.69) is 10.0 Å². The van der Waals surface area contributed by atoms with Gasteiger partial charge < -0.3 is 9.32 Å². The van der Waals surface area contributed by atoms with Gasteiger partial charge in [-0.15, -0.1) is 0 Å². The van der Waals surface area contributed by atoms with Gasteiger partial charge in [0.05, 0.1) is 6.07 Å². The van der Waals surface area contributed by atoms with Gasteiger partial charge in [0, 0.05) is 24.0 Å². The Morgan fingerprint density at radius 1 is 1.53 bits per heavy atom. The molecular formula is C10H11N5O4. The molecule has 1 saturated heterocycles. The van der Waals surface area contributed by atoms with Crippen LogP contribution in [0, 0.1) is 10.1 Å². The molecular weight excluding hydrogens is 254 g/mol. The van der Waals surface area contributed by atoms with Crippen molar-refractivity contribution in [1.82, 2.24) is 4.90 Å². The lowest BCUT2D eigenvalue weighted by molar-refractivity contribution is -0.402. The average Bonchev–Trinajstić information content (AvgIpc) is 2.89. The van der Waals surface area contributed by atoms with Crippen molar-refractivity contribution in [3.8, 4) is 0 Å². The Labute approximate surface area is 107 Å². The maximum atomic E-state index is 12.0. The zero-order chi connectivity index (χ0) is 13.8. The van der Waals surface area contributed by atoms with Gasteiger partial charge in [0.25, 0.3) is 5.91 Å². The Morgan fingerprint density at radius 2 is 2.21 bits per heavy atom. The number of hydrogen-bond donors (Lipinski definition) is 0. The zero-order valence-electron chi connectivity index (χ0n) is 9.93. The highest BCUT2D eigenvalue weighted by Gasteiger charge is 2.26. The molecule has 9 nitrogen and oxygen atoms in total. The van der Waals surface area contributed by atoms with Crippen molar-refractivity contribution in [2.75, 3.05) is 13.1 Å². The van der Waals surface area contributed by atoms with Crippen LogP contribution in [0.15, 0.2) is 21.7 Å². The summed E-state index contributed by atoms with van der Waals surface area (Å²) >= 11 is 0. The number of rotatable bonds is 3. The number of azide groups is 1. The second-order valence-corrected chi connectivity index (χ2v) is 4.12. The molecule has 1 aliphatic rings. The summed E-state index contributed by atoms with van der Waals surface area (Å²) in [6, 6.07) is 2.35. The Kier molecular flexibility index (Phi) is 3.67. The van der Waals surface area contributed by atoms with Gasteiger partial charge >= 0.3 is 5.88 Å². The highest BCUT2D eigenvalue weighted by Crippen LogP contribution is 2.20. The monoisotopic (exact) mass is 265 g/mol. The highest BCUT2D eigenvalue weighted by molar-refractivity contribution is 5.91. The van der Waals surface area contributed by atoms with Crippen LogP contribution in [0.3, 0.4) is 0 Å². The van der Waals surface area contributed by atoms with Crippen LogP contribution in [0.1, 0.15) is 23.4 Å². The molecule has 2 heterocycles. The molecule has 0 aromatic carbocycles. The van der Waals surface area contributed by atoms with Crippen molar-refractivity contribution in [2.24, 2.45) is 5.11 Å². The van der Waals surface area contributed by atoms with E-state index in [0.717, 1.165) is 6.07 Å². The van der Waals surface area contributed by atoms with Crippen LogP contribution in [-0.2, 0) is 0 Å². The molecule has 0 saturated carbocycles. The standard InChI is InChI=1S/C10H11N5O4/c11-13-12-7-3-5-14(6-4-7)10(16)8-1-2-9(19-8)15(17)18/h1-2,7H,3-6H2. The summed E-state index contributed by atoms with van der Waals surface area (Å²) in [5, 5.41) is 14.1. The summed E-state index contributed by atoms with van der Waals surface area (Å²) in [5.74, 6) is -0.881. The number of hydrogen-bond acceptors (Lipinski definition) is 5. The van der Waals surface area contributed by atoms with Gasteiger partial charge in [-0.05, 0) is 24.4 Å². The fraction of sp³-hybridized carbons (Fsp3) is 0.500. The highest BCUT2D eigenvalue weighted by atomic mass is 16.6. The van der Waals surface area contributed by atoms with Gasteiger partial charge in [-0.2, -0.15) is 0 Å². The third kappa shape index (κ3) is 2.83. The van der Waals surface area contributed by atoms with E-state index in [1.54, 1.807) is 0 Å². The molecule has 1 aromatic rings. The number of carbonyl (C=O) groups excluding carboxylic acids is 1. The summed E-state index contributed by atoms with van der Waals surface area (Å²) in [6.45, 7) is 0.883. The smallest absolute Gasteiger partial charge is 0.395 e. The second kappa shape index (κ2) is 5.40. The normalized spacial score (nSPS) is 15.9. The van der Waals surface area contributed by atoms with Crippen LogP contribution in [0.25, 0.3) is 10.4 Å². The fourth-order valence-corrected chi connectivity index (χ4v) is 1.95. The van der Waals surface area contributed by atoms with E-state index in [9.17, 15) is 14.9 Å². The van der Waals surface area contributed by atoms with Crippen molar-refractivity contribution < 1.29 is 14.1 Å². The molecule has 1 aromatic heterocycles. The van der Waals surface area contributed by atoms with Gasteiger partial charge in [0.2, 0.25) is 0 Å². The zero-order valence-corrected chi connectivity index (χ0v) is 9.93. The number of carbonyl (C=O) groups is 1. The molecule has 19 heavy (non-hydrogen) atoms. The first-order valence-corrected chi connectivity index (χ1v) is 5.69. The first kappa shape index (κ1) is 12.9. The number of nitrogens with zero attached hydrogens (tertiary/aromatic N) is 5. The van der Waals surface area contributed by atoms with Crippen molar-refractivity contribution >= 4 is 11.8 Å². The predicted molar refractivity (Wildman–Crippen MR) is 63.4 cm³/mol. The van der Waals surface area contributed by atoms with Crippen LogP contribution >= 0.6 is 0 Å². The SMILES string of the molecule is [N-]=[N+]=NC1CCN(C(=O)c2ccc([N+](=O)[O-])o2)CC1. The van der Waals surface area contributed by atoms with E-state index in [0.29, 0.717) is 25.9 Å². The molecule has 100 valence electrons. The lowest BCUT2D eigenvalue weighted by Gasteiger charge is -2.29. The summed E-state index contributed by atoms with van der Waals surface area (Å²) < 4.78 is 4.86. The van der Waals surface area contributed by atoms with Crippen LogP contribution in [0.2, 0.25) is 0 Å². The number of furan rings is 1. The topological polar surface area (TPSA) is 125 Å². The molecule has 1 aliphatic heterocycles. The third-order valence-electron chi connectivity index (χ3n) is 2.95. The van der Waals surface area contributed by atoms with E-state index < -0.39 is 10.8 Å². The average molecular weight is 265 g/mol. The lowest BCUT2D eigenvalue weighted by Crippen LogP contribution is -2.39. The molecule has 0 atom stereocenters. The van der Waals surface area contributed by atoms with Crippen molar-refractivity contribution in [3.05, 3.63) is 38.5 Å². The maximum absolute atomic E-state index is 12.0. The lowest BCUT2D eigenvalue weighted by atomic mass is 10.1. The number of piperidine rings is 1. The Balaban J connectivity index is 2.00. The van der Waals surface area contributed by atoms with Crippen molar-refractivity contribution in [3.63, 3.8) is 0 Å². The van der Waals surface area contributed by atoms with Crippen LogP contribution < -0.4 is 0 Å². The Hall–Kier alpha value is -2.54. The summed E-state index contributed by atoms with van der Waals surface area (Å²) in [7, 11) is 0. The fourth-order valence-electron chi connectivity index (χ4n) is 1.95. The Bertz CT molecular complexity index is 540. The molecule has 0 unspecified atom stereocenters. The maximum Gasteiger partial charge on any atom is 0.433 e. The molecule has 1 fully saturated rings. The van der Waals surface area contributed by atoms with E-state index in [-0.39, 0.29) is 17.7 Å². The number of likely N-dealkylation sites (tertiary alicyclic amines) is 1. The summed E-state index contributed by atoms with van der Waals surface area (Å²) in [6.07, 6.45) is 1.16. The number of nitro groups is 1. The second-order valence-electron chi connectivity index (χ2n) is 4.12. The van der Waals surface area contributed by atoms with Gasteiger partial charge in [0.15, 0.2) is 5.76 Å². The van der Waals surface area contributed by atoms with Crippen LogP contribution in [0.4, 0.5) is 5.88 Å². The minimum absolute atomic E-state index is 0.0473. The quantitative estimate of drug-likeness (QED) is 0.272. The molecule has 0 N–H and O–H groups in total. The summed E-state index contributed by atoms with van der Waals surface area (Å²) in [5.41, 5.74) is 8.33. The van der Waals surface area contributed by atoms with Crippen molar-refractivity contribution in [2.45, 2.75) is 18.9 Å². The molecule has 0 radical (unpaired) electrons. The first-order valence-electron chi connectivity index (χ1n) is 5.69. The van der Waals surface area contributed by atoms with E-state index >= 15 is 0 Å². The molecule has 0 aliphatic carbocycles. The van der Waals surface area contributed by atoms with Gasteiger partial charge in [0.1, 0.15) is 4.92 Å². The first-order chi connectivity index (χ1) is 9.11. The van der Waals surface area contributed by atoms with E-state index in [4.69, 9.17) is 9.95 Å². The van der Waals surface area contributed by atoms with Gasteiger partial charge in [-0.1, -0.05) is 5.11 Å². The number of amides is 1. The van der Waals surface area contributed by atoms with Gasteiger partial charge in [-0.25, -0.2) is 0 Å². The molecule has 2 rings (SSSR count). The largest absolute Gasteiger partial charge is 0.433 e. The minimum atomic E-state index is -0.690. The Morgan fingerprint density at radius 3 is 2.74 bits per heavy atom. The van der Waals surface area contributed by atoms with E-state index in [1.165, 1.54) is 11.0 Å². The molecule has 1 amide bonds. The van der Waals surface area contributed by atoms with Gasteiger partial charge in [-0.3, -0.25) is 14.9 Å². The van der Waals surface area contributed by atoms with Crippen LogP contribution in [-0.4, -0.2) is 34.9 Å². The molecule has 0 spiro atoms. The van der Waals surface area contributed by atoms with Crippen molar-refractivity contribution in [1.29, 1.82) is 0 Å². The molecule has 0 bridgehead atoms.